The number of nitrogens with zero attached hydrogens (tertiary/aromatic N) is 5. The molecule has 2 aromatic carbocycles. The predicted molar refractivity (Wildman–Crippen MR) is 168 cm³/mol. The van der Waals surface area contributed by atoms with Crippen molar-refractivity contribution in [2.24, 2.45) is 5.92 Å². The van der Waals surface area contributed by atoms with Gasteiger partial charge in [-0.15, -0.1) is 10.2 Å². The summed E-state index contributed by atoms with van der Waals surface area (Å²) < 4.78 is 18.7. The van der Waals surface area contributed by atoms with E-state index in [2.05, 4.69) is 27.5 Å². The van der Waals surface area contributed by atoms with E-state index in [-0.39, 0.29) is 18.0 Å². The summed E-state index contributed by atoms with van der Waals surface area (Å²) in [5.74, 6) is 0.138. The van der Waals surface area contributed by atoms with Crippen LogP contribution in [0.15, 0.2) is 48.5 Å². The first kappa shape index (κ1) is 32.0. The van der Waals surface area contributed by atoms with Gasteiger partial charge < -0.3 is 18.8 Å². The van der Waals surface area contributed by atoms with Crippen LogP contribution in [0.2, 0.25) is 0 Å². The Labute approximate surface area is 263 Å². The summed E-state index contributed by atoms with van der Waals surface area (Å²) in [4.78, 5) is 31.6. The number of hydrogen-bond donors (Lipinski definition) is 1. The minimum absolute atomic E-state index is 0.0513. The number of carbonyl (C=O) groups is 2. The number of rotatable bonds is 11. The molecule has 238 valence electrons. The van der Waals surface area contributed by atoms with Crippen molar-refractivity contribution in [3.05, 3.63) is 71.3 Å². The average molecular weight is 615 g/mol. The van der Waals surface area contributed by atoms with Crippen molar-refractivity contribution < 1.29 is 23.8 Å². The molecule has 2 heterocycles. The number of benzene rings is 2. The van der Waals surface area contributed by atoms with E-state index < -0.39 is 17.7 Å². The monoisotopic (exact) mass is 614 g/mol. The molecule has 4 aromatic rings. The summed E-state index contributed by atoms with van der Waals surface area (Å²) in [6.45, 7) is 10.2. The third-order valence-electron chi connectivity index (χ3n) is 8.15. The van der Waals surface area contributed by atoms with E-state index in [4.69, 9.17) is 19.2 Å². The maximum atomic E-state index is 13.8. The number of H-pyrrole nitrogens is 1. The number of aromatic amines is 1. The van der Waals surface area contributed by atoms with Crippen LogP contribution in [0.1, 0.15) is 87.9 Å². The highest BCUT2D eigenvalue weighted by Crippen LogP contribution is 2.32. The number of hydrogen-bond acceptors (Lipinski definition) is 9. The van der Waals surface area contributed by atoms with Crippen molar-refractivity contribution in [1.82, 2.24) is 30.2 Å². The number of esters is 2. The summed E-state index contributed by atoms with van der Waals surface area (Å²) in [5.41, 5.74) is 4.46. The third kappa shape index (κ3) is 7.30. The summed E-state index contributed by atoms with van der Waals surface area (Å²) in [6.07, 6.45) is 2.68. The number of aromatic nitrogens is 6. The van der Waals surface area contributed by atoms with Gasteiger partial charge in [0.05, 0.1) is 17.7 Å². The Morgan fingerprint density at radius 3 is 2.40 bits per heavy atom. The van der Waals surface area contributed by atoms with Crippen LogP contribution >= 0.6 is 0 Å². The molecule has 0 spiro atoms. The van der Waals surface area contributed by atoms with Crippen LogP contribution in [0, 0.1) is 5.92 Å². The van der Waals surface area contributed by atoms with Gasteiger partial charge in [0, 0.05) is 38.0 Å². The van der Waals surface area contributed by atoms with E-state index in [9.17, 15) is 9.59 Å². The highest BCUT2D eigenvalue weighted by molar-refractivity contribution is 5.90. The molecule has 3 atom stereocenters. The quantitative estimate of drug-likeness (QED) is 0.162. The van der Waals surface area contributed by atoms with Gasteiger partial charge in [-0.05, 0) is 47.6 Å². The van der Waals surface area contributed by atoms with Gasteiger partial charge in [0.25, 0.3) is 0 Å². The van der Waals surface area contributed by atoms with Gasteiger partial charge in [-0.25, -0.2) is 9.78 Å². The standard InChI is InChI=1S/C34H42N6O5/c1-7-10-28-35-30(34(3,4)5)29(33(42)45-21(2)44-32(41)24-17-18-25(19-24)43-6)40(28)20-22-13-15-23(16-14-22)26-11-8-9-12-27(26)31-36-38-39-37-31/h8-9,11-16,21,24-25H,7,10,17-20H2,1-6H3,(H,36,37,38,39)/t21?,24-,25+/m0/s1. The topological polar surface area (TPSA) is 134 Å². The number of imidazole rings is 1. The van der Waals surface area contributed by atoms with E-state index in [0.29, 0.717) is 43.0 Å². The average Bonchev–Trinajstić information content (AvgIpc) is 3.78. The zero-order chi connectivity index (χ0) is 32.1. The molecular weight excluding hydrogens is 572 g/mol. The molecule has 2 aromatic heterocycles. The maximum absolute atomic E-state index is 13.8. The second-order valence-corrected chi connectivity index (χ2v) is 12.6. The second-order valence-electron chi connectivity index (χ2n) is 12.6. The Hall–Kier alpha value is -4.38. The largest absolute Gasteiger partial charge is 0.425 e. The minimum atomic E-state index is -1.05. The molecule has 0 amide bonds. The van der Waals surface area contributed by atoms with Crippen LogP contribution in [-0.2, 0) is 37.4 Å². The fraction of sp³-hybridized carbons (Fsp3) is 0.471. The lowest BCUT2D eigenvalue weighted by Gasteiger charge is -2.21. The van der Waals surface area contributed by atoms with Gasteiger partial charge in [0.2, 0.25) is 12.1 Å². The molecule has 1 aliphatic rings. The highest BCUT2D eigenvalue weighted by atomic mass is 16.7. The molecule has 1 saturated carbocycles. The van der Waals surface area contributed by atoms with Crippen molar-refractivity contribution >= 4 is 11.9 Å². The molecule has 1 aliphatic carbocycles. The lowest BCUT2D eigenvalue weighted by Crippen LogP contribution is -2.28. The number of ether oxygens (including phenoxy) is 3. The van der Waals surface area contributed by atoms with E-state index in [0.717, 1.165) is 40.9 Å². The first-order valence-corrected chi connectivity index (χ1v) is 15.5. The van der Waals surface area contributed by atoms with Crippen LogP contribution in [0.25, 0.3) is 22.5 Å². The zero-order valence-electron chi connectivity index (χ0n) is 26.9. The molecule has 11 nitrogen and oxygen atoms in total. The number of tetrazole rings is 1. The molecule has 0 radical (unpaired) electrons. The smallest absolute Gasteiger partial charge is 0.360 e. The first-order chi connectivity index (χ1) is 21.6. The Morgan fingerprint density at radius 1 is 1.04 bits per heavy atom. The highest BCUT2D eigenvalue weighted by Gasteiger charge is 2.34. The number of nitrogens with one attached hydrogen (secondary N) is 1. The van der Waals surface area contributed by atoms with Crippen LogP contribution in [0.4, 0.5) is 0 Å². The van der Waals surface area contributed by atoms with Crippen molar-refractivity contribution in [3.8, 4) is 22.5 Å². The van der Waals surface area contributed by atoms with Crippen molar-refractivity contribution in [3.63, 3.8) is 0 Å². The first-order valence-electron chi connectivity index (χ1n) is 15.5. The maximum Gasteiger partial charge on any atom is 0.360 e. The molecule has 45 heavy (non-hydrogen) atoms. The Bertz CT molecular complexity index is 1610. The molecule has 1 fully saturated rings. The Kier molecular flexibility index (Phi) is 9.77. The van der Waals surface area contributed by atoms with Gasteiger partial charge in [-0.2, -0.15) is 5.21 Å². The van der Waals surface area contributed by atoms with E-state index in [1.165, 1.54) is 0 Å². The molecule has 0 saturated heterocycles. The number of aryl methyl sites for hydroxylation is 1. The third-order valence-corrected chi connectivity index (χ3v) is 8.15. The molecular formula is C34H42N6O5. The van der Waals surface area contributed by atoms with Gasteiger partial charge in [-0.3, -0.25) is 4.79 Å². The van der Waals surface area contributed by atoms with Crippen molar-refractivity contribution in [1.29, 1.82) is 0 Å². The lowest BCUT2D eigenvalue weighted by atomic mass is 9.90. The van der Waals surface area contributed by atoms with Crippen molar-refractivity contribution in [2.75, 3.05) is 7.11 Å². The van der Waals surface area contributed by atoms with E-state index in [1.807, 2.05) is 73.9 Å². The number of methoxy groups -OCH3 is 1. The van der Waals surface area contributed by atoms with Crippen LogP contribution in [0.5, 0.6) is 0 Å². The fourth-order valence-corrected chi connectivity index (χ4v) is 5.85. The second kappa shape index (κ2) is 13.7. The summed E-state index contributed by atoms with van der Waals surface area (Å²) in [6, 6.07) is 16.1. The molecule has 1 N–H and O–H groups in total. The predicted octanol–water partition coefficient (Wildman–Crippen LogP) is 5.89. The van der Waals surface area contributed by atoms with Gasteiger partial charge in [-0.1, -0.05) is 76.2 Å². The normalized spacial score (nSPS) is 17.3. The Balaban J connectivity index is 1.40. The van der Waals surface area contributed by atoms with E-state index in [1.54, 1.807) is 14.0 Å². The lowest BCUT2D eigenvalue weighted by molar-refractivity contribution is -0.170. The molecule has 0 aliphatic heterocycles. The molecule has 0 bridgehead atoms. The SMILES string of the molecule is CCCc1nc(C(C)(C)C)c(C(=O)OC(C)OC(=O)[C@H]2CC[C@@H](OC)C2)n1Cc1ccc(-c2ccccc2-c2nn[nH]n2)cc1. The molecule has 1 unspecified atom stereocenters. The number of carbonyl (C=O) groups excluding carboxylic acids is 2. The van der Waals surface area contributed by atoms with Gasteiger partial charge in [0.15, 0.2) is 5.69 Å². The van der Waals surface area contributed by atoms with Crippen LogP contribution in [0.3, 0.4) is 0 Å². The zero-order valence-corrected chi connectivity index (χ0v) is 26.9. The molecule has 5 rings (SSSR count). The van der Waals surface area contributed by atoms with E-state index >= 15 is 0 Å². The molecule has 11 heteroatoms. The van der Waals surface area contributed by atoms with Gasteiger partial charge >= 0.3 is 11.9 Å². The van der Waals surface area contributed by atoms with Crippen molar-refractivity contribution in [2.45, 2.75) is 91.1 Å². The minimum Gasteiger partial charge on any atom is -0.425 e. The fourth-order valence-electron chi connectivity index (χ4n) is 5.85. The Morgan fingerprint density at radius 2 is 1.78 bits per heavy atom. The van der Waals surface area contributed by atoms with Gasteiger partial charge in [0.1, 0.15) is 5.82 Å². The summed E-state index contributed by atoms with van der Waals surface area (Å²) in [7, 11) is 1.65. The van der Waals surface area contributed by atoms with Crippen LogP contribution < -0.4 is 0 Å². The summed E-state index contributed by atoms with van der Waals surface area (Å²) in [5, 5.41) is 14.5. The van der Waals surface area contributed by atoms with Crippen LogP contribution in [-0.4, -0.2) is 61.6 Å². The summed E-state index contributed by atoms with van der Waals surface area (Å²) >= 11 is 0.